The first-order valence-electron chi connectivity index (χ1n) is 7.62. The van der Waals surface area contributed by atoms with Crippen molar-refractivity contribution >= 4 is 0 Å². The van der Waals surface area contributed by atoms with Gasteiger partial charge >= 0.3 is 0 Å². The number of benzene rings is 1. The van der Waals surface area contributed by atoms with Gasteiger partial charge in [0, 0.05) is 0 Å². The van der Waals surface area contributed by atoms with Crippen molar-refractivity contribution < 1.29 is 9.84 Å². The van der Waals surface area contributed by atoms with Crippen LogP contribution in [0.4, 0.5) is 0 Å². The maximum Gasteiger partial charge on any atom is 0.119 e. The van der Waals surface area contributed by atoms with E-state index in [-0.39, 0.29) is 10.8 Å². The lowest BCUT2D eigenvalue weighted by atomic mass is 9.58. The third kappa shape index (κ3) is 3.35. The van der Waals surface area contributed by atoms with Gasteiger partial charge in [0.05, 0.1) is 12.2 Å². The Morgan fingerprint density at radius 3 is 1.90 bits per heavy atom. The van der Waals surface area contributed by atoms with Crippen molar-refractivity contribution in [3.8, 4) is 5.75 Å². The standard InChI is InChI=1S/C18H28O2/c1-6-20-15-9-7-14(8-10-15)18(19)12-16(2,3)11-17(4,5)13-18/h7-10,19H,6,11-13H2,1-5H3. The Morgan fingerprint density at radius 1 is 0.950 bits per heavy atom. The Bertz CT molecular complexity index is 441. The molecule has 0 amide bonds. The molecule has 20 heavy (non-hydrogen) atoms. The van der Waals surface area contributed by atoms with E-state index in [0.29, 0.717) is 6.61 Å². The van der Waals surface area contributed by atoms with Gasteiger partial charge in [-0.25, -0.2) is 0 Å². The second kappa shape index (κ2) is 5.07. The van der Waals surface area contributed by atoms with Gasteiger partial charge in [-0.3, -0.25) is 0 Å². The molecule has 2 nitrogen and oxygen atoms in total. The first-order chi connectivity index (χ1) is 9.16. The zero-order valence-electron chi connectivity index (χ0n) is 13.5. The van der Waals surface area contributed by atoms with E-state index < -0.39 is 5.60 Å². The molecule has 0 bridgehead atoms. The Labute approximate surface area is 123 Å². The van der Waals surface area contributed by atoms with Crippen LogP contribution in [0.25, 0.3) is 0 Å². The summed E-state index contributed by atoms with van der Waals surface area (Å²) in [6.07, 6.45) is 2.79. The third-order valence-corrected chi connectivity index (χ3v) is 4.20. The van der Waals surface area contributed by atoms with E-state index in [1.54, 1.807) is 0 Å². The van der Waals surface area contributed by atoms with E-state index in [9.17, 15) is 5.11 Å². The lowest BCUT2D eigenvalue weighted by molar-refractivity contribution is -0.0913. The number of ether oxygens (including phenoxy) is 1. The van der Waals surface area contributed by atoms with Crippen molar-refractivity contribution in [3.05, 3.63) is 29.8 Å². The van der Waals surface area contributed by atoms with Crippen LogP contribution < -0.4 is 4.74 Å². The molecule has 0 radical (unpaired) electrons. The average Bonchev–Trinajstić information content (AvgIpc) is 2.25. The molecule has 1 N–H and O–H groups in total. The van der Waals surface area contributed by atoms with Crippen LogP contribution in [0.3, 0.4) is 0 Å². The molecule has 0 aromatic heterocycles. The molecular formula is C18H28O2. The van der Waals surface area contributed by atoms with Crippen molar-refractivity contribution in [1.82, 2.24) is 0 Å². The van der Waals surface area contributed by atoms with Crippen LogP contribution in [0, 0.1) is 10.8 Å². The van der Waals surface area contributed by atoms with Gasteiger partial charge in [0.15, 0.2) is 0 Å². The van der Waals surface area contributed by atoms with Crippen molar-refractivity contribution in [3.63, 3.8) is 0 Å². The summed E-state index contributed by atoms with van der Waals surface area (Å²) in [7, 11) is 0. The highest BCUT2D eigenvalue weighted by molar-refractivity contribution is 5.32. The third-order valence-electron chi connectivity index (χ3n) is 4.20. The lowest BCUT2D eigenvalue weighted by Gasteiger charge is -2.49. The predicted molar refractivity (Wildman–Crippen MR) is 82.9 cm³/mol. The summed E-state index contributed by atoms with van der Waals surface area (Å²) in [5.74, 6) is 0.870. The fourth-order valence-corrected chi connectivity index (χ4v) is 4.30. The molecule has 112 valence electrons. The van der Waals surface area contributed by atoms with Crippen LogP contribution in [-0.2, 0) is 5.60 Å². The summed E-state index contributed by atoms with van der Waals surface area (Å²) in [5, 5.41) is 11.2. The van der Waals surface area contributed by atoms with Crippen molar-refractivity contribution in [2.24, 2.45) is 10.8 Å². The summed E-state index contributed by atoms with van der Waals surface area (Å²) < 4.78 is 5.48. The van der Waals surface area contributed by atoms with Gasteiger partial charge < -0.3 is 9.84 Å². The predicted octanol–water partition coefficient (Wildman–Crippen LogP) is 4.51. The van der Waals surface area contributed by atoms with Gasteiger partial charge in [-0.15, -0.1) is 0 Å². The second-order valence-corrected chi connectivity index (χ2v) is 7.85. The molecule has 0 heterocycles. The first-order valence-corrected chi connectivity index (χ1v) is 7.62. The van der Waals surface area contributed by atoms with E-state index in [1.165, 1.54) is 0 Å². The van der Waals surface area contributed by atoms with Crippen LogP contribution in [0.2, 0.25) is 0 Å². The average molecular weight is 276 g/mol. The van der Waals surface area contributed by atoms with E-state index in [4.69, 9.17) is 4.74 Å². The summed E-state index contributed by atoms with van der Waals surface area (Å²) in [4.78, 5) is 0. The minimum Gasteiger partial charge on any atom is -0.494 e. The summed E-state index contributed by atoms with van der Waals surface area (Å²) in [5.41, 5.74) is 0.613. The quantitative estimate of drug-likeness (QED) is 0.880. The smallest absolute Gasteiger partial charge is 0.119 e. The molecule has 1 aromatic carbocycles. The molecule has 0 unspecified atom stereocenters. The van der Waals surface area contributed by atoms with E-state index in [1.807, 2.05) is 31.2 Å². The molecule has 1 aromatic rings. The Balaban J connectivity index is 2.29. The summed E-state index contributed by atoms with van der Waals surface area (Å²) in [6.45, 7) is 11.7. The van der Waals surface area contributed by atoms with Gasteiger partial charge in [0.1, 0.15) is 5.75 Å². The molecule has 1 aliphatic carbocycles. The zero-order valence-corrected chi connectivity index (χ0v) is 13.5. The Hall–Kier alpha value is -1.02. The van der Waals surface area contributed by atoms with Gasteiger partial charge in [-0.1, -0.05) is 39.8 Å². The van der Waals surface area contributed by atoms with Gasteiger partial charge in [0.25, 0.3) is 0 Å². The topological polar surface area (TPSA) is 29.5 Å². The molecular weight excluding hydrogens is 248 g/mol. The molecule has 1 fully saturated rings. The van der Waals surface area contributed by atoms with E-state index in [2.05, 4.69) is 27.7 Å². The largest absolute Gasteiger partial charge is 0.494 e. The molecule has 1 aliphatic rings. The monoisotopic (exact) mass is 276 g/mol. The summed E-state index contributed by atoms with van der Waals surface area (Å²) >= 11 is 0. The first kappa shape index (κ1) is 15.4. The van der Waals surface area contributed by atoms with E-state index in [0.717, 1.165) is 30.6 Å². The van der Waals surface area contributed by atoms with Crippen LogP contribution in [-0.4, -0.2) is 11.7 Å². The number of hydrogen-bond acceptors (Lipinski definition) is 2. The van der Waals surface area contributed by atoms with Crippen LogP contribution in [0.5, 0.6) is 5.75 Å². The minimum atomic E-state index is -0.726. The highest BCUT2D eigenvalue weighted by Crippen LogP contribution is 2.53. The van der Waals surface area contributed by atoms with Gasteiger partial charge in [-0.05, 0) is 54.7 Å². The number of hydrogen-bond donors (Lipinski definition) is 1. The summed E-state index contributed by atoms with van der Waals surface area (Å²) in [6, 6.07) is 7.96. The highest BCUT2D eigenvalue weighted by Gasteiger charge is 2.47. The van der Waals surface area contributed by atoms with Crippen molar-refractivity contribution in [2.75, 3.05) is 6.61 Å². The highest BCUT2D eigenvalue weighted by atomic mass is 16.5. The molecule has 0 atom stereocenters. The maximum absolute atomic E-state index is 11.2. The van der Waals surface area contributed by atoms with Gasteiger partial charge in [-0.2, -0.15) is 0 Å². The molecule has 0 spiro atoms. The van der Waals surface area contributed by atoms with Crippen LogP contribution >= 0.6 is 0 Å². The molecule has 0 aliphatic heterocycles. The lowest BCUT2D eigenvalue weighted by Crippen LogP contribution is -2.44. The number of rotatable bonds is 3. The molecule has 0 saturated heterocycles. The van der Waals surface area contributed by atoms with E-state index >= 15 is 0 Å². The normalized spacial score (nSPS) is 23.3. The Kier molecular flexibility index (Phi) is 3.90. The fourth-order valence-electron chi connectivity index (χ4n) is 4.30. The van der Waals surface area contributed by atoms with Crippen LogP contribution in [0.1, 0.15) is 59.4 Å². The number of aliphatic hydroxyl groups is 1. The molecule has 2 heteroatoms. The fraction of sp³-hybridized carbons (Fsp3) is 0.667. The minimum absolute atomic E-state index is 0.162. The van der Waals surface area contributed by atoms with Gasteiger partial charge in [0.2, 0.25) is 0 Å². The second-order valence-electron chi connectivity index (χ2n) is 7.85. The van der Waals surface area contributed by atoms with Crippen molar-refractivity contribution in [1.29, 1.82) is 0 Å². The SMILES string of the molecule is CCOc1ccc(C2(O)CC(C)(C)CC(C)(C)C2)cc1. The molecule has 2 rings (SSSR count). The zero-order chi connectivity index (χ0) is 15.0. The maximum atomic E-state index is 11.2. The molecule has 1 saturated carbocycles. The van der Waals surface area contributed by atoms with Crippen molar-refractivity contribution in [2.45, 2.75) is 59.5 Å². The van der Waals surface area contributed by atoms with Crippen LogP contribution in [0.15, 0.2) is 24.3 Å². The Morgan fingerprint density at radius 2 is 1.45 bits per heavy atom.